The average Bonchev–Trinajstić information content (AvgIpc) is 3.87. The Morgan fingerprint density at radius 1 is 0.603 bits per heavy atom. The van der Waals surface area contributed by atoms with Gasteiger partial charge in [0.25, 0.3) is 11.8 Å². The first-order valence-electron chi connectivity index (χ1n) is 20.8. The maximum absolute atomic E-state index is 11.9. The van der Waals surface area contributed by atoms with E-state index in [2.05, 4.69) is 44.9 Å². The van der Waals surface area contributed by atoms with Crippen LogP contribution in [-0.4, -0.2) is 57.5 Å². The SMILES string of the molecule is NC(=O)c1cccc2c1nc(N)n2-c1nc2c(c(NCc3ccccc3)n1)CCCC2.NCc1nc2c(C(N)=O)cccc2n1-c1nc2c(c(NCc3ccccc3)n1)COCC2. The molecule has 0 saturated carbocycles. The Kier molecular flexibility index (Phi) is 11.4. The fraction of sp³-hybridized carbons (Fsp3) is 0.217. The van der Waals surface area contributed by atoms with Crippen molar-refractivity contribution < 1.29 is 14.3 Å². The molecule has 2 aliphatic rings. The van der Waals surface area contributed by atoms with Crippen LogP contribution in [0.4, 0.5) is 17.6 Å². The summed E-state index contributed by atoms with van der Waals surface area (Å²) >= 11 is 0. The molecule has 63 heavy (non-hydrogen) atoms. The summed E-state index contributed by atoms with van der Waals surface area (Å²) in [7, 11) is 0. The van der Waals surface area contributed by atoms with Crippen LogP contribution in [0.5, 0.6) is 0 Å². The molecule has 4 aromatic heterocycles. The number of primary amides is 2. The molecule has 0 bridgehead atoms. The highest BCUT2D eigenvalue weighted by molar-refractivity contribution is 6.05. The van der Waals surface area contributed by atoms with E-state index in [1.54, 1.807) is 33.4 Å². The predicted molar refractivity (Wildman–Crippen MR) is 240 cm³/mol. The number of nitrogens with zero attached hydrogens (tertiary/aromatic N) is 8. The van der Waals surface area contributed by atoms with Crippen molar-refractivity contribution in [3.63, 3.8) is 0 Å². The summed E-state index contributed by atoms with van der Waals surface area (Å²) in [6, 6.07) is 30.8. The molecular formula is C46H46N14O3. The zero-order chi connectivity index (χ0) is 43.5. The van der Waals surface area contributed by atoms with E-state index in [1.165, 1.54) is 5.56 Å². The van der Waals surface area contributed by atoms with Gasteiger partial charge in [-0.25, -0.2) is 24.5 Å². The van der Waals surface area contributed by atoms with Crippen LogP contribution in [0, 0.1) is 0 Å². The van der Waals surface area contributed by atoms with Gasteiger partial charge in [-0.3, -0.25) is 14.2 Å². The number of hydrogen-bond donors (Lipinski definition) is 6. The average molecular weight is 843 g/mol. The molecule has 0 fully saturated rings. The Hall–Kier alpha value is -7.76. The van der Waals surface area contributed by atoms with Crippen LogP contribution in [-0.2, 0) is 50.2 Å². The highest BCUT2D eigenvalue weighted by Crippen LogP contribution is 2.31. The van der Waals surface area contributed by atoms with E-state index in [9.17, 15) is 9.59 Å². The van der Waals surface area contributed by atoms with Gasteiger partial charge in [0.15, 0.2) is 0 Å². The maximum atomic E-state index is 11.9. The van der Waals surface area contributed by atoms with E-state index in [-0.39, 0.29) is 12.5 Å². The quantitative estimate of drug-likeness (QED) is 0.0998. The number of para-hydroxylation sites is 2. The Morgan fingerprint density at radius 3 is 1.75 bits per heavy atom. The highest BCUT2D eigenvalue weighted by atomic mass is 16.5. The van der Waals surface area contributed by atoms with Crippen molar-refractivity contribution in [2.45, 2.75) is 58.3 Å². The monoisotopic (exact) mass is 842 g/mol. The van der Waals surface area contributed by atoms with Gasteiger partial charge in [0.1, 0.15) is 28.5 Å². The number of ether oxygens (including phenoxy) is 1. The number of nitrogens with one attached hydrogen (secondary N) is 2. The Labute approximate surface area is 362 Å². The molecular weight excluding hydrogens is 797 g/mol. The number of fused-ring (bicyclic) bond motifs is 4. The molecule has 5 heterocycles. The lowest BCUT2D eigenvalue weighted by atomic mass is 9.96. The molecule has 318 valence electrons. The topological polar surface area (TPSA) is 259 Å². The van der Waals surface area contributed by atoms with Gasteiger partial charge in [-0.15, -0.1) is 0 Å². The fourth-order valence-corrected chi connectivity index (χ4v) is 8.09. The second kappa shape index (κ2) is 17.7. The van der Waals surface area contributed by atoms with Gasteiger partial charge in [-0.1, -0.05) is 72.8 Å². The molecule has 1 aliphatic heterocycles. The first-order valence-corrected chi connectivity index (χ1v) is 20.8. The lowest BCUT2D eigenvalue weighted by Gasteiger charge is -2.21. The first-order chi connectivity index (χ1) is 30.8. The third kappa shape index (κ3) is 8.21. The second-order valence-corrected chi connectivity index (χ2v) is 15.2. The largest absolute Gasteiger partial charge is 0.376 e. The molecule has 17 nitrogen and oxygen atoms in total. The molecule has 0 atom stereocenters. The third-order valence-electron chi connectivity index (χ3n) is 11.2. The minimum Gasteiger partial charge on any atom is -0.376 e. The van der Waals surface area contributed by atoms with E-state index >= 15 is 0 Å². The van der Waals surface area contributed by atoms with Crippen molar-refractivity contribution in [1.82, 2.24) is 39.0 Å². The summed E-state index contributed by atoms with van der Waals surface area (Å²) in [4.78, 5) is 52.0. The fourth-order valence-electron chi connectivity index (χ4n) is 8.09. The number of aromatic nitrogens is 8. The van der Waals surface area contributed by atoms with E-state index in [1.807, 2.05) is 48.5 Å². The van der Waals surface area contributed by atoms with Gasteiger partial charge in [-0.2, -0.15) is 9.97 Å². The number of carbonyl (C=O) groups excluding carboxylic acids is 2. The lowest BCUT2D eigenvalue weighted by molar-refractivity contribution is 0.0993. The molecule has 17 heteroatoms. The number of aryl methyl sites for hydroxylation is 1. The van der Waals surface area contributed by atoms with Crippen LogP contribution in [0.3, 0.4) is 0 Å². The number of carbonyl (C=O) groups is 2. The summed E-state index contributed by atoms with van der Waals surface area (Å²) in [6.07, 6.45) is 4.73. The number of nitrogens with two attached hydrogens (primary N) is 4. The number of nitrogen functional groups attached to an aromatic ring is 1. The van der Waals surface area contributed by atoms with Gasteiger partial charge < -0.3 is 38.3 Å². The molecule has 0 spiro atoms. The molecule has 0 unspecified atom stereocenters. The van der Waals surface area contributed by atoms with Crippen LogP contribution < -0.4 is 33.6 Å². The van der Waals surface area contributed by atoms with Gasteiger partial charge in [0, 0.05) is 30.6 Å². The van der Waals surface area contributed by atoms with Crippen LogP contribution >= 0.6 is 0 Å². The molecule has 10 rings (SSSR count). The molecule has 4 aromatic carbocycles. The molecule has 10 N–H and O–H groups in total. The summed E-state index contributed by atoms with van der Waals surface area (Å²) in [6.45, 7) is 2.48. The second-order valence-electron chi connectivity index (χ2n) is 15.2. The van der Waals surface area contributed by atoms with Crippen LogP contribution in [0.25, 0.3) is 34.0 Å². The number of anilines is 3. The van der Waals surface area contributed by atoms with Crippen LogP contribution in [0.2, 0.25) is 0 Å². The van der Waals surface area contributed by atoms with E-state index < -0.39 is 11.8 Å². The summed E-state index contributed by atoms with van der Waals surface area (Å²) in [5.74, 6) is 2.09. The molecule has 0 saturated heterocycles. The van der Waals surface area contributed by atoms with Gasteiger partial charge >= 0.3 is 0 Å². The number of amides is 2. The van der Waals surface area contributed by atoms with E-state index in [0.29, 0.717) is 89.5 Å². The molecule has 0 radical (unpaired) electrons. The normalized spacial score (nSPS) is 13.2. The van der Waals surface area contributed by atoms with Crippen molar-refractivity contribution in [2.24, 2.45) is 17.2 Å². The van der Waals surface area contributed by atoms with Crippen LogP contribution in [0.15, 0.2) is 97.1 Å². The van der Waals surface area contributed by atoms with Crippen molar-refractivity contribution >= 4 is 51.5 Å². The zero-order valence-electron chi connectivity index (χ0n) is 34.4. The smallest absolute Gasteiger partial charge is 0.250 e. The molecule has 2 amide bonds. The van der Waals surface area contributed by atoms with Crippen molar-refractivity contribution in [1.29, 1.82) is 0 Å². The van der Waals surface area contributed by atoms with Crippen molar-refractivity contribution in [2.75, 3.05) is 23.0 Å². The van der Waals surface area contributed by atoms with Crippen molar-refractivity contribution in [3.05, 3.63) is 148 Å². The molecule has 1 aliphatic carbocycles. The van der Waals surface area contributed by atoms with Crippen molar-refractivity contribution in [3.8, 4) is 11.9 Å². The highest BCUT2D eigenvalue weighted by Gasteiger charge is 2.25. The number of benzene rings is 4. The Morgan fingerprint density at radius 2 is 1.14 bits per heavy atom. The third-order valence-corrected chi connectivity index (χ3v) is 11.2. The Balaban J connectivity index is 0.000000160. The lowest BCUT2D eigenvalue weighted by Crippen LogP contribution is -2.19. The standard InChI is InChI=1S/C23H23N7O2.C23H23N7O/c24-11-19-28-20-15(21(25)31)7-4-8-18(20)30(19)23-27-17-9-10-32-13-16(17)22(29-23)26-12-14-5-2-1-3-6-14;24-20(31)16-10-6-12-18-19(16)28-22(25)30(18)23-27-17-11-5-4-9-15(17)21(29-23)26-13-14-7-2-1-3-8-14/h1-8H,9-13,24H2,(H2,25,31)(H,26,27,29);1-3,6-8,10,12H,4-5,9,11,13H2,(H2,24,31)(H2,25,28)(H,26,27,29). The first kappa shape index (κ1) is 40.6. The summed E-state index contributed by atoms with van der Waals surface area (Å²) in [5, 5.41) is 6.93. The van der Waals surface area contributed by atoms with Gasteiger partial charge in [0.05, 0.1) is 53.3 Å². The van der Waals surface area contributed by atoms with Gasteiger partial charge in [-0.05, 0) is 61.1 Å². The molecule has 8 aromatic rings. The van der Waals surface area contributed by atoms with Crippen LogP contribution in [0.1, 0.15) is 73.0 Å². The van der Waals surface area contributed by atoms with E-state index in [0.717, 1.165) is 59.6 Å². The predicted octanol–water partition coefficient (Wildman–Crippen LogP) is 5.05. The summed E-state index contributed by atoms with van der Waals surface area (Å²) in [5.41, 5.74) is 32.6. The van der Waals surface area contributed by atoms with E-state index in [4.69, 9.17) is 47.6 Å². The van der Waals surface area contributed by atoms with Gasteiger partial charge in [0.2, 0.25) is 17.8 Å². The maximum Gasteiger partial charge on any atom is 0.250 e. The number of hydrogen-bond acceptors (Lipinski definition) is 13. The number of rotatable bonds is 11. The zero-order valence-corrected chi connectivity index (χ0v) is 34.4. The Bertz CT molecular complexity index is 2990. The summed E-state index contributed by atoms with van der Waals surface area (Å²) < 4.78 is 9.15. The number of imidazole rings is 2. The minimum absolute atomic E-state index is 0.156. The minimum atomic E-state index is -0.549.